The minimum atomic E-state index is -0.445. The zero-order chi connectivity index (χ0) is 24.9. The lowest BCUT2D eigenvalue weighted by molar-refractivity contribution is 0.1000. The van der Waals surface area contributed by atoms with Crippen molar-refractivity contribution < 1.29 is 9.53 Å². The summed E-state index contributed by atoms with van der Waals surface area (Å²) in [4.78, 5) is 29.3. The van der Waals surface area contributed by atoms with Crippen LogP contribution in [0.5, 0.6) is 5.88 Å². The fourth-order valence-corrected chi connectivity index (χ4v) is 4.58. The van der Waals surface area contributed by atoms with E-state index in [9.17, 15) is 4.79 Å². The van der Waals surface area contributed by atoms with Crippen LogP contribution >= 0.6 is 11.8 Å². The van der Waals surface area contributed by atoms with Crippen molar-refractivity contribution in [2.45, 2.75) is 22.8 Å². The summed E-state index contributed by atoms with van der Waals surface area (Å²) in [6.07, 6.45) is 1.62. The van der Waals surface area contributed by atoms with Crippen LogP contribution in [0.15, 0.2) is 64.5 Å². The first-order valence-corrected chi connectivity index (χ1v) is 12.4. The first kappa shape index (κ1) is 24.8. The molecule has 0 radical (unpaired) electrons. The molecule has 35 heavy (non-hydrogen) atoms. The second-order valence-electron chi connectivity index (χ2n) is 8.87. The monoisotopic (exact) mass is 492 g/mol. The van der Waals surface area contributed by atoms with Crippen LogP contribution in [0.4, 0.5) is 11.6 Å². The third-order valence-corrected chi connectivity index (χ3v) is 7.01. The summed E-state index contributed by atoms with van der Waals surface area (Å²) >= 11 is 1.50. The molecular weight excluding hydrogens is 460 g/mol. The average molecular weight is 493 g/mol. The first-order valence-electron chi connectivity index (χ1n) is 11.6. The van der Waals surface area contributed by atoms with Gasteiger partial charge >= 0.3 is 0 Å². The number of nitrogens with two attached hydrogens (primary N) is 1. The van der Waals surface area contributed by atoms with Crippen LogP contribution in [-0.4, -0.2) is 68.1 Å². The lowest BCUT2D eigenvalue weighted by atomic mass is 10.1. The molecule has 1 atom stereocenters. The summed E-state index contributed by atoms with van der Waals surface area (Å²) in [6, 6.07) is 15.5. The number of piperazine rings is 1. The Hall–Kier alpha value is -3.30. The number of rotatable bonds is 8. The third kappa shape index (κ3) is 6.23. The second kappa shape index (κ2) is 11.0. The number of ether oxygens (including phenoxy) is 1. The molecule has 4 rings (SSSR count). The highest BCUT2D eigenvalue weighted by molar-refractivity contribution is 7.99. The van der Waals surface area contributed by atoms with E-state index in [4.69, 9.17) is 15.5 Å². The highest BCUT2D eigenvalue weighted by atomic mass is 32.2. The van der Waals surface area contributed by atoms with Gasteiger partial charge in [-0.15, -0.1) is 0 Å². The predicted octanol–water partition coefficient (Wildman–Crippen LogP) is 3.68. The van der Waals surface area contributed by atoms with Crippen molar-refractivity contribution in [1.82, 2.24) is 14.9 Å². The van der Waals surface area contributed by atoms with Crippen LogP contribution in [0, 0.1) is 0 Å². The largest absolute Gasteiger partial charge is 0.469 e. The Morgan fingerprint density at radius 2 is 1.83 bits per heavy atom. The Morgan fingerprint density at radius 1 is 1.11 bits per heavy atom. The summed E-state index contributed by atoms with van der Waals surface area (Å²) in [5.74, 6) is 0.774. The molecule has 1 unspecified atom stereocenters. The van der Waals surface area contributed by atoms with Crippen molar-refractivity contribution in [3.63, 3.8) is 0 Å². The standard InChI is InChI=1S/C26H32N6O2S/c1-18(20-6-5-7-21(16-20)30(2)3)34-25-23(35-22-10-8-19(9-11-22)24(27)33)17-28-26(29-25)32-14-12-31(4)13-15-32/h5-11,16-18H,12-15H2,1-4H3,(H2,27,33). The second-order valence-corrected chi connectivity index (χ2v) is 9.99. The van der Waals surface area contributed by atoms with Gasteiger partial charge in [0.15, 0.2) is 0 Å². The molecule has 1 saturated heterocycles. The number of hydrogen-bond donors (Lipinski definition) is 1. The number of likely N-dealkylation sites (N-methyl/N-ethyl adjacent to an activating group) is 1. The van der Waals surface area contributed by atoms with E-state index < -0.39 is 5.91 Å². The number of hydrogen-bond acceptors (Lipinski definition) is 8. The minimum Gasteiger partial charge on any atom is -0.469 e. The molecule has 0 saturated carbocycles. The average Bonchev–Trinajstić information content (AvgIpc) is 2.86. The Kier molecular flexibility index (Phi) is 7.77. The molecular formula is C26H32N6O2S. The smallest absolute Gasteiger partial charge is 0.248 e. The molecule has 1 aliphatic heterocycles. The summed E-state index contributed by atoms with van der Waals surface area (Å²) in [5, 5.41) is 0. The molecule has 0 aliphatic carbocycles. The van der Waals surface area contributed by atoms with E-state index in [1.165, 1.54) is 11.8 Å². The van der Waals surface area contributed by atoms with Crippen molar-refractivity contribution >= 4 is 29.3 Å². The van der Waals surface area contributed by atoms with Gasteiger partial charge in [0.25, 0.3) is 0 Å². The maximum Gasteiger partial charge on any atom is 0.248 e. The van der Waals surface area contributed by atoms with Gasteiger partial charge in [-0.25, -0.2) is 4.98 Å². The van der Waals surface area contributed by atoms with Gasteiger partial charge in [0, 0.05) is 56.4 Å². The van der Waals surface area contributed by atoms with Crippen molar-refractivity contribution in [2.75, 3.05) is 57.1 Å². The molecule has 184 valence electrons. The summed E-state index contributed by atoms with van der Waals surface area (Å²) in [6.45, 7) is 5.71. The number of carbonyl (C=O) groups excluding carboxylic acids is 1. The number of primary amides is 1. The highest BCUT2D eigenvalue weighted by Crippen LogP contribution is 2.36. The van der Waals surface area contributed by atoms with E-state index in [1.807, 2.05) is 45.4 Å². The highest BCUT2D eigenvalue weighted by Gasteiger charge is 2.21. The molecule has 1 aliphatic rings. The zero-order valence-electron chi connectivity index (χ0n) is 20.6. The topological polar surface area (TPSA) is 87.8 Å². The lowest BCUT2D eigenvalue weighted by Gasteiger charge is -2.32. The van der Waals surface area contributed by atoms with E-state index >= 15 is 0 Å². The molecule has 2 N–H and O–H groups in total. The molecule has 1 fully saturated rings. The Labute approximate surface area is 211 Å². The normalized spacial score (nSPS) is 15.0. The van der Waals surface area contributed by atoms with Crippen LogP contribution < -0.4 is 20.3 Å². The van der Waals surface area contributed by atoms with Crippen molar-refractivity contribution in [1.29, 1.82) is 0 Å². The molecule has 0 spiro atoms. The van der Waals surface area contributed by atoms with Crippen LogP contribution in [0.2, 0.25) is 0 Å². The summed E-state index contributed by atoms with van der Waals surface area (Å²) < 4.78 is 6.45. The molecule has 2 heterocycles. The number of aromatic nitrogens is 2. The SMILES string of the molecule is CC(Oc1nc(N2CCN(C)CC2)ncc1Sc1ccc(C(N)=O)cc1)c1cccc(N(C)C)c1. The van der Waals surface area contributed by atoms with Gasteiger partial charge in [0.2, 0.25) is 17.7 Å². The van der Waals surface area contributed by atoms with Gasteiger partial charge in [0.1, 0.15) is 6.10 Å². The van der Waals surface area contributed by atoms with Gasteiger partial charge < -0.3 is 25.2 Å². The van der Waals surface area contributed by atoms with Crippen LogP contribution in [0.25, 0.3) is 0 Å². The molecule has 0 bridgehead atoms. The number of carbonyl (C=O) groups is 1. The van der Waals surface area contributed by atoms with Gasteiger partial charge in [-0.3, -0.25) is 4.79 Å². The maximum absolute atomic E-state index is 11.4. The van der Waals surface area contributed by atoms with Crippen LogP contribution in [0.3, 0.4) is 0 Å². The van der Waals surface area contributed by atoms with E-state index in [0.717, 1.165) is 47.2 Å². The predicted molar refractivity (Wildman–Crippen MR) is 141 cm³/mol. The van der Waals surface area contributed by atoms with Crippen molar-refractivity contribution in [2.24, 2.45) is 5.73 Å². The quantitative estimate of drug-likeness (QED) is 0.510. The van der Waals surface area contributed by atoms with Crippen LogP contribution in [0.1, 0.15) is 28.9 Å². The summed E-state index contributed by atoms with van der Waals surface area (Å²) in [5.41, 5.74) is 8.03. The van der Waals surface area contributed by atoms with E-state index in [-0.39, 0.29) is 6.10 Å². The molecule has 1 amide bonds. The van der Waals surface area contributed by atoms with Crippen molar-refractivity contribution in [3.8, 4) is 5.88 Å². The maximum atomic E-state index is 11.4. The van der Waals surface area contributed by atoms with E-state index in [2.05, 4.69) is 44.9 Å². The Bertz CT molecular complexity index is 1160. The molecule has 9 heteroatoms. The Balaban J connectivity index is 1.62. The summed E-state index contributed by atoms with van der Waals surface area (Å²) in [7, 11) is 6.17. The van der Waals surface area contributed by atoms with Gasteiger partial charge in [0.05, 0.1) is 11.1 Å². The van der Waals surface area contributed by atoms with Gasteiger partial charge in [-0.05, 0) is 55.9 Å². The van der Waals surface area contributed by atoms with E-state index in [0.29, 0.717) is 17.4 Å². The molecule has 8 nitrogen and oxygen atoms in total. The first-order chi connectivity index (χ1) is 16.8. The fraction of sp³-hybridized carbons (Fsp3) is 0.346. The van der Waals surface area contributed by atoms with Gasteiger partial charge in [-0.1, -0.05) is 23.9 Å². The fourth-order valence-electron chi connectivity index (χ4n) is 3.77. The number of amides is 1. The van der Waals surface area contributed by atoms with Gasteiger partial charge in [-0.2, -0.15) is 4.98 Å². The minimum absolute atomic E-state index is 0.207. The number of benzene rings is 2. The third-order valence-electron chi connectivity index (χ3n) is 6.01. The number of anilines is 2. The van der Waals surface area contributed by atoms with E-state index in [1.54, 1.807) is 12.1 Å². The molecule has 2 aromatic carbocycles. The lowest BCUT2D eigenvalue weighted by Crippen LogP contribution is -2.45. The molecule has 1 aromatic heterocycles. The van der Waals surface area contributed by atoms with Crippen LogP contribution in [-0.2, 0) is 0 Å². The molecule has 3 aromatic rings. The Morgan fingerprint density at radius 3 is 2.49 bits per heavy atom. The zero-order valence-corrected chi connectivity index (χ0v) is 21.5. The van der Waals surface area contributed by atoms with Crippen molar-refractivity contribution in [3.05, 3.63) is 65.9 Å². The number of nitrogens with zero attached hydrogens (tertiary/aromatic N) is 5.